The first kappa shape index (κ1) is 13.0. The van der Waals surface area contributed by atoms with Crippen LogP contribution in [0.1, 0.15) is 31.8 Å². The molecule has 83 valence electrons. The number of hydrogen-bond acceptors (Lipinski definition) is 3. The predicted molar refractivity (Wildman–Crippen MR) is 67.2 cm³/mol. The number of fused-ring (bicyclic) bond motifs is 2. The summed E-state index contributed by atoms with van der Waals surface area (Å²) in [5.74, 6) is -0.658. The van der Waals surface area contributed by atoms with Gasteiger partial charge >= 0.3 is 0 Å². The summed E-state index contributed by atoms with van der Waals surface area (Å²) in [5, 5.41) is 9.70. The molecule has 0 heterocycles. The molecule has 0 saturated carbocycles. The molecular formula is C14H8NaO3. The van der Waals surface area contributed by atoms with E-state index < -0.39 is 0 Å². The Morgan fingerprint density at radius 2 is 1.28 bits per heavy atom. The number of carbonyl (C=O) groups is 2. The second-order valence-corrected chi connectivity index (χ2v) is 3.90. The maximum absolute atomic E-state index is 12.2. The van der Waals surface area contributed by atoms with Crippen molar-refractivity contribution in [3.05, 3.63) is 64.7 Å². The van der Waals surface area contributed by atoms with Crippen molar-refractivity contribution in [2.75, 3.05) is 0 Å². The van der Waals surface area contributed by atoms with Gasteiger partial charge in [-0.1, -0.05) is 36.4 Å². The normalized spacial score (nSPS) is 12.4. The number of benzene rings is 2. The van der Waals surface area contributed by atoms with Crippen molar-refractivity contribution in [1.29, 1.82) is 0 Å². The molecule has 3 nitrogen and oxygen atoms in total. The van der Waals surface area contributed by atoms with Crippen molar-refractivity contribution in [2.24, 2.45) is 0 Å². The molecular weight excluding hydrogens is 239 g/mol. The van der Waals surface area contributed by atoms with Crippen LogP contribution in [0.2, 0.25) is 0 Å². The first-order chi connectivity index (χ1) is 8.20. The monoisotopic (exact) mass is 247 g/mol. The molecule has 18 heavy (non-hydrogen) atoms. The summed E-state index contributed by atoms with van der Waals surface area (Å²) < 4.78 is 0. The van der Waals surface area contributed by atoms with Gasteiger partial charge in [-0.15, -0.1) is 0 Å². The Labute approximate surface area is 126 Å². The average molecular weight is 247 g/mol. The van der Waals surface area contributed by atoms with Crippen molar-refractivity contribution < 1.29 is 14.7 Å². The fraction of sp³-hybridized carbons (Fsp3) is 0. The molecule has 4 heteroatoms. The van der Waals surface area contributed by atoms with Gasteiger partial charge in [0.1, 0.15) is 5.75 Å². The fourth-order valence-corrected chi connectivity index (χ4v) is 2.13. The first-order valence-corrected chi connectivity index (χ1v) is 5.20. The Balaban J connectivity index is 0.00000120. The predicted octanol–water partition coefficient (Wildman–Crippen LogP) is 1.79. The van der Waals surface area contributed by atoms with Crippen molar-refractivity contribution in [3.63, 3.8) is 0 Å². The molecule has 0 fully saturated rings. The third kappa shape index (κ3) is 1.72. The minimum absolute atomic E-state index is 0. The van der Waals surface area contributed by atoms with Gasteiger partial charge < -0.3 is 5.11 Å². The molecule has 1 N–H and O–H groups in total. The van der Waals surface area contributed by atoms with Crippen molar-refractivity contribution >= 4 is 41.1 Å². The smallest absolute Gasteiger partial charge is 0.198 e. The maximum atomic E-state index is 12.2. The van der Waals surface area contributed by atoms with Crippen LogP contribution in [0, 0.1) is 0 Å². The zero-order valence-corrected chi connectivity index (χ0v) is 11.8. The molecule has 2 aromatic carbocycles. The molecule has 1 radical (unpaired) electrons. The number of rotatable bonds is 0. The van der Waals surface area contributed by atoms with Gasteiger partial charge in [0.25, 0.3) is 0 Å². The van der Waals surface area contributed by atoms with Crippen LogP contribution in [0.3, 0.4) is 0 Å². The van der Waals surface area contributed by atoms with Crippen molar-refractivity contribution in [2.45, 2.75) is 0 Å². The van der Waals surface area contributed by atoms with Crippen LogP contribution in [0.5, 0.6) is 5.75 Å². The number of phenols is 1. The second kappa shape index (κ2) is 4.69. The van der Waals surface area contributed by atoms with E-state index in [2.05, 4.69) is 0 Å². The van der Waals surface area contributed by atoms with Crippen LogP contribution < -0.4 is 0 Å². The molecule has 1 aliphatic rings. The van der Waals surface area contributed by atoms with Gasteiger partial charge in [0.15, 0.2) is 11.6 Å². The van der Waals surface area contributed by atoms with E-state index in [-0.39, 0.29) is 58.0 Å². The van der Waals surface area contributed by atoms with Crippen molar-refractivity contribution in [1.82, 2.24) is 0 Å². The number of aromatic hydroxyl groups is 1. The van der Waals surface area contributed by atoms with Crippen LogP contribution >= 0.6 is 0 Å². The molecule has 1 aliphatic carbocycles. The molecule has 0 amide bonds. The van der Waals surface area contributed by atoms with E-state index in [1.165, 1.54) is 6.07 Å². The molecule has 2 aromatic rings. The summed E-state index contributed by atoms with van der Waals surface area (Å²) in [6.45, 7) is 0. The summed E-state index contributed by atoms with van der Waals surface area (Å²) >= 11 is 0. The van der Waals surface area contributed by atoms with E-state index in [4.69, 9.17) is 0 Å². The Kier molecular flexibility index (Phi) is 3.39. The third-order valence-corrected chi connectivity index (χ3v) is 2.93. The molecule has 0 bridgehead atoms. The van der Waals surface area contributed by atoms with Gasteiger partial charge in [0, 0.05) is 46.2 Å². The first-order valence-electron chi connectivity index (χ1n) is 5.20. The summed E-state index contributed by atoms with van der Waals surface area (Å²) in [4.78, 5) is 24.3. The minimum Gasteiger partial charge on any atom is -0.507 e. The van der Waals surface area contributed by atoms with Crippen LogP contribution in [-0.2, 0) is 0 Å². The standard InChI is InChI=1S/C14H8O3.Na/c15-11-7-3-6-10-12(11)14(17)9-5-2-1-4-8(9)13(10)16;/h1-7,15H;. The molecule has 0 spiro atoms. The number of phenolic OH excluding ortho intramolecular Hbond substituents is 1. The van der Waals surface area contributed by atoms with E-state index in [9.17, 15) is 14.7 Å². The molecule has 0 atom stereocenters. The van der Waals surface area contributed by atoms with E-state index in [1.807, 2.05) is 0 Å². The summed E-state index contributed by atoms with van der Waals surface area (Å²) in [6, 6.07) is 11.2. The Hall–Kier alpha value is -1.42. The van der Waals surface area contributed by atoms with Gasteiger partial charge in [-0.05, 0) is 6.07 Å². The topological polar surface area (TPSA) is 54.4 Å². The minimum atomic E-state index is -0.298. The molecule has 0 aliphatic heterocycles. The van der Waals surface area contributed by atoms with Crippen LogP contribution in [0.15, 0.2) is 42.5 Å². The largest absolute Gasteiger partial charge is 0.507 e. The second-order valence-electron chi connectivity index (χ2n) is 3.90. The van der Waals surface area contributed by atoms with Gasteiger partial charge in [0.05, 0.1) is 5.56 Å². The van der Waals surface area contributed by atoms with E-state index in [0.717, 1.165) is 0 Å². The van der Waals surface area contributed by atoms with E-state index >= 15 is 0 Å². The zero-order valence-electron chi connectivity index (χ0n) is 9.81. The fourth-order valence-electron chi connectivity index (χ4n) is 2.13. The Bertz CT molecular complexity index is 662. The maximum Gasteiger partial charge on any atom is 0.198 e. The molecule has 0 unspecified atom stereocenters. The quantitative estimate of drug-likeness (QED) is 0.616. The van der Waals surface area contributed by atoms with Crippen LogP contribution in [-0.4, -0.2) is 46.2 Å². The Morgan fingerprint density at radius 3 is 1.94 bits per heavy atom. The van der Waals surface area contributed by atoms with Crippen molar-refractivity contribution in [3.8, 4) is 5.75 Å². The number of carbonyl (C=O) groups excluding carboxylic acids is 2. The van der Waals surface area contributed by atoms with E-state index in [1.54, 1.807) is 36.4 Å². The van der Waals surface area contributed by atoms with Crippen LogP contribution in [0.25, 0.3) is 0 Å². The molecule has 3 rings (SSSR count). The average Bonchev–Trinajstić information content (AvgIpc) is 2.36. The summed E-state index contributed by atoms with van der Waals surface area (Å²) in [5.41, 5.74) is 1.13. The number of ketones is 2. The third-order valence-electron chi connectivity index (χ3n) is 2.93. The van der Waals surface area contributed by atoms with Gasteiger partial charge in [-0.3, -0.25) is 9.59 Å². The Morgan fingerprint density at radius 1 is 0.722 bits per heavy atom. The summed E-state index contributed by atoms with van der Waals surface area (Å²) in [7, 11) is 0. The number of hydrogen-bond donors (Lipinski definition) is 1. The molecule has 0 aromatic heterocycles. The van der Waals surface area contributed by atoms with Gasteiger partial charge in [0.2, 0.25) is 0 Å². The zero-order chi connectivity index (χ0) is 12.0. The van der Waals surface area contributed by atoms with Crippen LogP contribution in [0.4, 0.5) is 0 Å². The van der Waals surface area contributed by atoms with E-state index in [0.29, 0.717) is 11.1 Å². The van der Waals surface area contributed by atoms with Gasteiger partial charge in [-0.2, -0.15) is 0 Å². The molecule has 0 saturated heterocycles. The summed E-state index contributed by atoms with van der Waals surface area (Å²) in [6.07, 6.45) is 0. The van der Waals surface area contributed by atoms with Gasteiger partial charge in [-0.25, -0.2) is 0 Å². The SMILES string of the molecule is O=C1c2ccccc2C(=O)c2c(O)cccc21.[Na].